The summed E-state index contributed by atoms with van der Waals surface area (Å²) >= 11 is 8.96. The zero-order valence-corrected chi connectivity index (χ0v) is 24.6. The topological polar surface area (TPSA) is 134 Å². The Hall–Kier alpha value is -3.87. The van der Waals surface area contributed by atoms with Crippen LogP contribution in [0.25, 0.3) is 22.1 Å². The fourth-order valence-electron chi connectivity index (χ4n) is 3.93. The van der Waals surface area contributed by atoms with Crippen LogP contribution in [-0.2, 0) is 9.59 Å². The molecule has 2 amide bonds. The van der Waals surface area contributed by atoms with E-state index in [1.54, 1.807) is 18.2 Å². The molecule has 0 unspecified atom stereocenters. The van der Waals surface area contributed by atoms with Crippen molar-refractivity contribution in [3.05, 3.63) is 59.6 Å². The molecule has 5 rings (SSSR count). The monoisotopic (exact) mass is 610 g/mol. The van der Waals surface area contributed by atoms with Crippen molar-refractivity contribution < 1.29 is 19.1 Å². The highest BCUT2D eigenvalue weighted by atomic mass is 35.5. The van der Waals surface area contributed by atoms with E-state index in [-0.39, 0.29) is 23.3 Å². The number of thioether (sulfide) groups is 2. The van der Waals surface area contributed by atoms with Crippen LogP contribution in [0.15, 0.2) is 64.9 Å². The number of fused-ring (bicyclic) bond motifs is 2. The van der Waals surface area contributed by atoms with Gasteiger partial charge in [-0.15, -0.1) is 0 Å². The van der Waals surface area contributed by atoms with E-state index < -0.39 is 0 Å². The molecule has 0 aliphatic heterocycles. The number of benzene rings is 3. The third-order valence-corrected chi connectivity index (χ3v) is 7.75. The molecule has 2 aromatic heterocycles. The number of amides is 2. The number of imidazole rings is 2. The largest absolute Gasteiger partial charge is 0.494 e. The van der Waals surface area contributed by atoms with Crippen LogP contribution in [0.1, 0.15) is 13.8 Å². The van der Waals surface area contributed by atoms with Crippen molar-refractivity contribution in [2.24, 2.45) is 0 Å². The Bertz CT molecular complexity index is 1710. The highest BCUT2D eigenvalue weighted by molar-refractivity contribution is 8.00. The molecule has 212 valence electrons. The number of hydrogen-bond acceptors (Lipinski definition) is 8. The number of anilines is 2. The first-order valence-corrected chi connectivity index (χ1v) is 15.1. The molecule has 5 aromatic rings. The van der Waals surface area contributed by atoms with Gasteiger partial charge >= 0.3 is 0 Å². The number of nitrogens with one attached hydrogen (secondary N) is 4. The van der Waals surface area contributed by atoms with Gasteiger partial charge in [-0.3, -0.25) is 9.59 Å². The Morgan fingerprint density at radius 1 is 0.780 bits per heavy atom. The summed E-state index contributed by atoms with van der Waals surface area (Å²) in [4.78, 5) is 40.5. The highest BCUT2D eigenvalue weighted by Crippen LogP contribution is 2.28. The SMILES string of the molecule is CCOc1ccc2nc(SCC(=O)Nc3ccc(NC(=O)CSc4nc5ccc(OCC)cc5[nH]4)c(Cl)c3)[nH]c2c1. The van der Waals surface area contributed by atoms with E-state index >= 15 is 0 Å². The number of H-pyrrole nitrogens is 2. The van der Waals surface area contributed by atoms with E-state index in [4.69, 9.17) is 21.1 Å². The molecule has 0 aliphatic rings. The van der Waals surface area contributed by atoms with Gasteiger partial charge in [0.2, 0.25) is 11.8 Å². The second kappa shape index (κ2) is 13.2. The van der Waals surface area contributed by atoms with Crippen LogP contribution in [0, 0.1) is 0 Å². The molecule has 4 N–H and O–H groups in total. The van der Waals surface area contributed by atoms with Crippen molar-refractivity contribution in [3.8, 4) is 11.5 Å². The molecule has 0 aliphatic carbocycles. The predicted octanol–water partition coefficient (Wildman–Crippen LogP) is 6.35. The molecule has 0 fully saturated rings. The summed E-state index contributed by atoms with van der Waals surface area (Å²) in [6.45, 7) is 5.02. The number of aromatic amines is 2. The van der Waals surface area contributed by atoms with Crippen molar-refractivity contribution >= 4 is 80.4 Å². The van der Waals surface area contributed by atoms with E-state index in [2.05, 4.69) is 30.6 Å². The molecule has 0 saturated heterocycles. The lowest BCUT2D eigenvalue weighted by molar-refractivity contribution is -0.114. The zero-order valence-electron chi connectivity index (χ0n) is 22.2. The maximum atomic E-state index is 12.6. The number of hydrogen-bond donors (Lipinski definition) is 4. The first-order valence-electron chi connectivity index (χ1n) is 12.8. The van der Waals surface area contributed by atoms with Crippen molar-refractivity contribution in [2.75, 3.05) is 35.4 Å². The Morgan fingerprint density at radius 3 is 1.83 bits per heavy atom. The average Bonchev–Trinajstić information content (AvgIpc) is 3.55. The maximum absolute atomic E-state index is 12.6. The molecule has 13 heteroatoms. The smallest absolute Gasteiger partial charge is 0.234 e. The van der Waals surface area contributed by atoms with Gasteiger partial charge in [0.05, 0.1) is 57.5 Å². The van der Waals surface area contributed by atoms with Crippen LogP contribution < -0.4 is 20.1 Å². The summed E-state index contributed by atoms with van der Waals surface area (Å²) in [5, 5.41) is 7.19. The van der Waals surface area contributed by atoms with Gasteiger partial charge in [0.15, 0.2) is 10.3 Å². The molecule has 0 atom stereocenters. The highest BCUT2D eigenvalue weighted by Gasteiger charge is 2.12. The summed E-state index contributed by atoms with van der Waals surface area (Å²) in [7, 11) is 0. The predicted molar refractivity (Wildman–Crippen MR) is 165 cm³/mol. The molecular formula is C28H27ClN6O4S2. The van der Waals surface area contributed by atoms with Crippen LogP contribution in [0.2, 0.25) is 5.02 Å². The number of carbonyl (C=O) groups excluding carboxylic acids is 2. The van der Waals surface area contributed by atoms with Crippen LogP contribution >= 0.6 is 35.1 Å². The zero-order chi connectivity index (χ0) is 28.8. The van der Waals surface area contributed by atoms with Gasteiger partial charge in [-0.2, -0.15) is 0 Å². The normalized spacial score (nSPS) is 11.1. The molecule has 2 heterocycles. The summed E-state index contributed by atoms with van der Waals surface area (Å²) in [6.07, 6.45) is 0. The van der Waals surface area contributed by atoms with Gasteiger partial charge in [-0.1, -0.05) is 35.1 Å². The third-order valence-electron chi connectivity index (χ3n) is 5.69. The summed E-state index contributed by atoms with van der Waals surface area (Å²) in [6, 6.07) is 16.2. The molecule has 0 bridgehead atoms. The molecule has 10 nitrogen and oxygen atoms in total. The number of rotatable bonds is 12. The quantitative estimate of drug-likeness (QED) is 0.120. The molecule has 0 spiro atoms. The standard InChI is InChI=1S/C28H27ClN6O4S2/c1-3-38-17-6-9-21-23(12-17)34-27(32-21)40-14-25(36)30-16-5-8-20(19(29)11-16)31-26(37)15-41-28-33-22-10-7-18(39-4-2)13-24(22)35-28/h5-13H,3-4,14-15H2,1-2H3,(H,30,36)(H,31,37)(H,32,34)(H,33,35). The molecular weight excluding hydrogens is 584 g/mol. The summed E-state index contributed by atoms with van der Waals surface area (Å²) in [5.74, 6) is 1.36. The minimum absolute atomic E-state index is 0.138. The molecule has 0 radical (unpaired) electrons. The summed E-state index contributed by atoms with van der Waals surface area (Å²) < 4.78 is 11.0. The minimum atomic E-state index is -0.236. The number of ether oxygens (including phenoxy) is 2. The van der Waals surface area contributed by atoms with E-state index in [1.165, 1.54) is 23.5 Å². The number of halogens is 1. The summed E-state index contributed by atoms with van der Waals surface area (Å²) in [5.41, 5.74) is 4.25. The van der Waals surface area contributed by atoms with Crippen LogP contribution in [-0.4, -0.2) is 56.5 Å². The van der Waals surface area contributed by atoms with Gasteiger partial charge < -0.3 is 30.1 Å². The van der Waals surface area contributed by atoms with E-state index in [0.29, 0.717) is 39.9 Å². The molecule has 0 saturated carbocycles. The second-order valence-corrected chi connectivity index (χ2v) is 11.0. The maximum Gasteiger partial charge on any atom is 0.234 e. The van der Waals surface area contributed by atoms with Gasteiger partial charge in [0, 0.05) is 17.8 Å². The van der Waals surface area contributed by atoms with Crippen molar-refractivity contribution in [3.63, 3.8) is 0 Å². The second-order valence-electron chi connectivity index (χ2n) is 8.68. The first-order chi connectivity index (χ1) is 19.9. The molecule has 3 aromatic carbocycles. The van der Waals surface area contributed by atoms with Gasteiger partial charge in [-0.05, 0) is 56.3 Å². The van der Waals surface area contributed by atoms with E-state index in [0.717, 1.165) is 33.6 Å². The lowest BCUT2D eigenvalue weighted by Gasteiger charge is -2.10. The van der Waals surface area contributed by atoms with Gasteiger partial charge in [0.1, 0.15) is 11.5 Å². The Morgan fingerprint density at radius 2 is 1.32 bits per heavy atom. The van der Waals surface area contributed by atoms with Gasteiger partial charge in [-0.25, -0.2) is 9.97 Å². The first kappa shape index (κ1) is 28.7. The van der Waals surface area contributed by atoms with Crippen LogP contribution in [0.3, 0.4) is 0 Å². The van der Waals surface area contributed by atoms with Crippen LogP contribution in [0.5, 0.6) is 11.5 Å². The minimum Gasteiger partial charge on any atom is -0.494 e. The van der Waals surface area contributed by atoms with Crippen molar-refractivity contribution in [1.29, 1.82) is 0 Å². The van der Waals surface area contributed by atoms with E-state index in [9.17, 15) is 9.59 Å². The lowest BCUT2D eigenvalue weighted by Crippen LogP contribution is -2.16. The van der Waals surface area contributed by atoms with Crippen molar-refractivity contribution in [2.45, 2.75) is 24.2 Å². The Labute approximate surface area is 249 Å². The number of carbonyl (C=O) groups is 2. The number of aromatic nitrogens is 4. The average molecular weight is 611 g/mol. The van der Waals surface area contributed by atoms with Crippen LogP contribution in [0.4, 0.5) is 11.4 Å². The fraction of sp³-hybridized carbons (Fsp3) is 0.214. The van der Waals surface area contributed by atoms with Crippen molar-refractivity contribution in [1.82, 2.24) is 19.9 Å². The van der Waals surface area contributed by atoms with Gasteiger partial charge in [0.25, 0.3) is 0 Å². The number of nitrogens with zero attached hydrogens (tertiary/aromatic N) is 2. The third kappa shape index (κ3) is 7.46. The molecule has 41 heavy (non-hydrogen) atoms. The Kier molecular flexibility index (Phi) is 9.22. The van der Waals surface area contributed by atoms with E-state index in [1.807, 2.05) is 50.2 Å². The Balaban J connectivity index is 1.10. The lowest BCUT2D eigenvalue weighted by atomic mass is 10.2. The fourth-order valence-corrected chi connectivity index (χ4v) is 5.52.